The summed E-state index contributed by atoms with van der Waals surface area (Å²) < 4.78 is 0. The molecule has 0 saturated carbocycles. The first-order chi connectivity index (χ1) is 5.33. The van der Waals surface area contributed by atoms with Gasteiger partial charge in [0.05, 0.1) is 0 Å². The van der Waals surface area contributed by atoms with E-state index >= 15 is 0 Å². The van der Waals surface area contributed by atoms with Gasteiger partial charge in [-0.1, -0.05) is 29.8 Å². The third-order valence-corrected chi connectivity index (χ3v) is 1.56. The van der Waals surface area contributed by atoms with Gasteiger partial charge in [-0.15, -0.1) is 0 Å². The van der Waals surface area contributed by atoms with Crippen LogP contribution in [0.25, 0.3) is 0 Å². The highest BCUT2D eigenvalue weighted by Gasteiger charge is 1.88. The van der Waals surface area contributed by atoms with Crippen LogP contribution in [-0.2, 0) is 6.42 Å². The number of aromatic hydroxyl groups is 1. The molecule has 0 aromatic heterocycles. The summed E-state index contributed by atoms with van der Waals surface area (Å²) in [5, 5.41) is 8.94. The van der Waals surface area contributed by atoms with E-state index < -0.39 is 0 Å². The van der Waals surface area contributed by atoms with Crippen molar-refractivity contribution in [1.29, 1.82) is 0 Å². The minimum Gasteiger partial charge on any atom is -0.508 e. The minimum atomic E-state index is 0.295. The van der Waals surface area contributed by atoms with Gasteiger partial charge >= 0.3 is 0 Å². The van der Waals surface area contributed by atoms with Gasteiger partial charge in [-0.05, 0) is 24.1 Å². The van der Waals surface area contributed by atoms with Crippen molar-refractivity contribution >= 4 is 11.6 Å². The van der Waals surface area contributed by atoms with Crippen molar-refractivity contribution in [2.24, 2.45) is 0 Å². The maximum atomic E-state index is 8.94. The van der Waals surface area contributed by atoms with Crippen LogP contribution in [0, 0.1) is 0 Å². The predicted octanol–water partition coefficient (Wildman–Crippen LogP) is 2.69. The molecule has 0 unspecified atom stereocenters. The molecule has 58 valence electrons. The second-order valence-corrected chi connectivity index (χ2v) is 2.48. The summed E-state index contributed by atoms with van der Waals surface area (Å²) in [6, 6.07) is 7.06. The molecule has 0 amide bonds. The molecule has 0 saturated heterocycles. The lowest BCUT2D eigenvalue weighted by Crippen LogP contribution is -1.77. The molecule has 0 fully saturated rings. The average Bonchev–Trinajstić information content (AvgIpc) is 2.04. The maximum absolute atomic E-state index is 8.94. The molecule has 0 atom stereocenters. The first-order valence-corrected chi connectivity index (χ1v) is 3.79. The Morgan fingerprint density at radius 3 is 2.45 bits per heavy atom. The summed E-state index contributed by atoms with van der Waals surface area (Å²) in [5.74, 6) is 0.295. The second kappa shape index (κ2) is 4.04. The van der Waals surface area contributed by atoms with Gasteiger partial charge in [0.25, 0.3) is 0 Å². The van der Waals surface area contributed by atoms with E-state index in [0.717, 1.165) is 12.0 Å². The van der Waals surface area contributed by atoms with E-state index in [1.165, 1.54) is 5.54 Å². The Balaban J connectivity index is 2.66. The molecular weight excluding hydrogens is 160 g/mol. The van der Waals surface area contributed by atoms with Crippen molar-refractivity contribution in [2.75, 3.05) is 0 Å². The largest absolute Gasteiger partial charge is 0.508 e. The third kappa shape index (κ3) is 2.64. The number of allylic oxidation sites excluding steroid dienone is 1. The SMILES string of the molecule is Oc1ccc(CC=CCl)cc1. The molecule has 1 nitrogen and oxygen atoms in total. The standard InChI is InChI=1S/C9H9ClO/c10-7-1-2-8-3-5-9(11)6-4-8/h1,3-7,11H,2H2. The summed E-state index contributed by atoms with van der Waals surface area (Å²) in [5.41, 5.74) is 2.63. The lowest BCUT2D eigenvalue weighted by atomic mass is 10.1. The van der Waals surface area contributed by atoms with Crippen LogP contribution >= 0.6 is 11.6 Å². The van der Waals surface area contributed by atoms with Crippen LogP contribution in [-0.4, -0.2) is 5.11 Å². The van der Waals surface area contributed by atoms with Crippen molar-refractivity contribution in [3.63, 3.8) is 0 Å². The van der Waals surface area contributed by atoms with Crippen LogP contribution in [0.3, 0.4) is 0 Å². The number of hydrogen-bond donors (Lipinski definition) is 1. The van der Waals surface area contributed by atoms with Gasteiger partial charge in [0, 0.05) is 5.54 Å². The first-order valence-electron chi connectivity index (χ1n) is 3.36. The molecule has 1 N–H and O–H groups in total. The van der Waals surface area contributed by atoms with E-state index in [1.54, 1.807) is 12.1 Å². The number of hydrogen-bond acceptors (Lipinski definition) is 1. The van der Waals surface area contributed by atoms with Gasteiger partial charge < -0.3 is 5.11 Å². The Bertz CT molecular complexity index is 238. The molecule has 0 aliphatic heterocycles. The molecule has 0 heterocycles. The maximum Gasteiger partial charge on any atom is 0.115 e. The summed E-state index contributed by atoms with van der Waals surface area (Å²) in [6.07, 6.45) is 2.66. The fraction of sp³-hybridized carbons (Fsp3) is 0.111. The lowest BCUT2D eigenvalue weighted by molar-refractivity contribution is 0.475. The van der Waals surface area contributed by atoms with Gasteiger partial charge in [-0.2, -0.15) is 0 Å². The Morgan fingerprint density at radius 1 is 1.27 bits per heavy atom. The van der Waals surface area contributed by atoms with Crippen molar-refractivity contribution < 1.29 is 5.11 Å². The van der Waals surface area contributed by atoms with E-state index in [2.05, 4.69) is 0 Å². The van der Waals surface area contributed by atoms with Crippen molar-refractivity contribution in [2.45, 2.75) is 6.42 Å². The average molecular weight is 169 g/mol. The van der Waals surface area contributed by atoms with E-state index in [-0.39, 0.29) is 0 Å². The Morgan fingerprint density at radius 2 is 1.91 bits per heavy atom. The van der Waals surface area contributed by atoms with Crippen LogP contribution in [0.15, 0.2) is 35.9 Å². The summed E-state index contributed by atoms with van der Waals surface area (Å²) in [4.78, 5) is 0. The Kier molecular flexibility index (Phi) is 2.99. The number of rotatable bonds is 2. The molecule has 1 aromatic carbocycles. The molecule has 0 aliphatic rings. The van der Waals surface area contributed by atoms with Crippen LogP contribution < -0.4 is 0 Å². The second-order valence-electron chi connectivity index (χ2n) is 2.23. The molecule has 2 heteroatoms. The molecular formula is C9H9ClO. The quantitative estimate of drug-likeness (QED) is 0.720. The summed E-state index contributed by atoms with van der Waals surface area (Å²) in [7, 11) is 0. The number of phenols is 1. The number of halogens is 1. The van der Waals surface area contributed by atoms with Gasteiger partial charge in [0.15, 0.2) is 0 Å². The Hall–Kier alpha value is -0.950. The zero-order valence-corrected chi connectivity index (χ0v) is 6.75. The fourth-order valence-electron chi connectivity index (χ4n) is 0.813. The van der Waals surface area contributed by atoms with Crippen LogP contribution in [0.5, 0.6) is 5.75 Å². The van der Waals surface area contributed by atoms with Gasteiger partial charge in [-0.3, -0.25) is 0 Å². The number of benzene rings is 1. The Labute approximate surface area is 70.9 Å². The molecule has 0 spiro atoms. The van der Waals surface area contributed by atoms with Crippen molar-refractivity contribution in [1.82, 2.24) is 0 Å². The molecule has 0 bridgehead atoms. The molecule has 0 radical (unpaired) electrons. The highest BCUT2D eigenvalue weighted by molar-refractivity contribution is 6.25. The van der Waals surface area contributed by atoms with E-state index in [1.807, 2.05) is 18.2 Å². The smallest absolute Gasteiger partial charge is 0.115 e. The summed E-state index contributed by atoms with van der Waals surface area (Å²) >= 11 is 5.35. The first kappa shape index (κ1) is 8.15. The minimum absolute atomic E-state index is 0.295. The third-order valence-electron chi connectivity index (χ3n) is 1.38. The van der Waals surface area contributed by atoms with Crippen LogP contribution in [0.2, 0.25) is 0 Å². The van der Waals surface area contributed by atoms with E-state index in [9.17, 15) is 0 Å². The van der Waals surface area contributed by atoms with E-state index in [0.29, 0.717) is 5.75 Å². The highest BCUT2D eigenvalue weighted by atomic mass is 35.5. The zero-order valence-electron chi connectivity index (χ0n) is 6.00. The summed E-state index contributed by atoms with van der Waals surface area (Å²) in [6.45, 7) is 0. The molecule has 1 rings (SSSR count). The topological polar surface area (TPSA) is 20.2 Å². The van der Waals surface area contributed by atoms with Gasteiger partial charge in [0.2, 0.25) is 0 Å². The lowest BCUT2D eigenvalue weighted by Gasteiger charge is -1.94. The van der Waals surface area contributed by atoms with Gasteiger partial charge in [-0.25, -0.2) is 0 Å². The van der Waals surface area contributed by atoms with Crippen molar-refractivity contribution in [3.05, 3.63) is 41.4 Å². The molecule has 11 heavy (non-hydrogen) atoms. The van der Waals surface area contributed by atoms with E-state index in [4.69, 9.17) is 16.7 Å². The van der Waals surface area contributed by atoms with Crippen LogP contribution in [0.1, 0.15) is 5.56 Å². The number of phenolic OH excluding ortho intramolecular Hbond substituents is 1. The molecule has 0 aliphatic carbocycles. The van der Waals surface area contributed by atoms with Gasteiger partial charge in [0.1, 0.15) is 5.75 Å². The normalized spacial score (nSPS) is 10.6. The predicted molar refractivity (Wildman–Crippen MR) is 46.8 cm³/mol. The molecule has 1 aromatic rings. The highest BCUT2D eigenvalue weighted by Crippen LogP contribution is 2.10. The monoisotopic (exact) mass is 168 g/mol. The van der Waals surface area contributed by atoms with Crippen LogP contribution in [0.4, 0.5) is 0 Å². The fourth-order valence-corrected chi connectivity index (χ4v) is 0.902. The van der Waals surface area contributed by atoms with Crippen molar-refractivity contribution in [3.8, 4) is 5.75 Å². The zero-order chi connectivity index (χ0) is 8.10.